The van der Waals surface area contributed by atoms with Crippen LogP contribution in [0.1, 0.15) is 26.3 Å². The van der Waals surface area contributed by atoms with Crippen LogP contribution in [0.2, 0.25) is 0 Å². The van der Waals surface area contributed by atoms with Gasteiger partial charge < -0.3 is 16.0 Å². The van der Waals surface area contributed by atoms with Gasteiger partial charge in [0, 0.05) is 37.2 Å². The summed E-state index contributed by atoms with van der Waals surface area (Å²) in [5, 5.41) is 8.11. The Morgan fingerprint density at radius 3 is 2.12 bits per heavy atom. The third-order valence-electron chi connectivity index (χ3n) is 3.77. The number of aromatic nitrogens is 1. The standard InChI is InChI=1S/C19H22N4O3/c1-13(24)22-15-6-8-16(9-7-15)23-18(26)19(2,3)17(25)21-12-14-5-4-10-20-11-14/h4-11H,12H2,1-3H3,(H,21,25)(H,22,24)(H,23,26). The lowest BCUT2D eigenvalue weighted by atomic mass is 9.91. The smallest absolute Gasteiger partial charge is 0.239 e. The zero-order valence-electron chi connectivity index (χ0n) is 15.0. The first-order chi connectivity index (χ1) is 12.3. The van der Waals surface area contributed by atoms with Crippen LogP contribution in [0.3, 0.4) is 0 Å². The largest absolute Gasteiger partial charge is 0.351 e. The Morgan fingerprint density at radius 1 is 0.962 bits per heavy atom. The van der Waals surface area contributed by atoms with Crippen LogP contribution >= 0.6 is 0 Å². The van der Waals surface area contributed by atoms with Gasteiger partial charge in [-0.2, -0.15) is 0 Å². The second-order valence-electron chi connectivity index (χ2n) is 6.38. The summed E-state index contributed by atoms with van der Waals surface area (Å²) in [6, 6.07) is 10.3. The Morgan fingerprint density at radius 2 is 1.58 bits per heavy atom. The average Bonchev–Trinajstić information content (AvgIpc) is 2.61. The molecule has 3 amide bonds. The van der Waals surface area contributed by atoms with Gasteiger partial charge in [-0.3, -0.25) is 19.4 Å². The molecule has 0 saturated carbocycles. The number of pyridine rings is 1. The highest BCUT2D eigenvalue weighted by molar-refractivity contribution is 6.09. The molecule has 26 heavy (non-hydrogen) atoms. The Bertz CT molecular complexity index is 786. The van der Waals surface area contributed by atoms with Crippen molar-refractivity contribution in [2.24, 2.45) is 5.41 Å². The fourth-order valence-corrected chi connectivity index (χ4v) is 2.14. The molecule has 1 aromatic carbocycles. The van der Waals surface area contributed by atoms with Gasteiger partial charge >= 0.3 is 0 Å². The van der Waals surface area contributed by atoms with Crippen molar-refractivity contribution < 1.29 is 14.4 Å². The predicted octanol–water partition coefficient (Wildman–Crippen LogP) is 2.32. The van der Waals surface area contributed by atoms with E-state index in [9.17, 15) is 14.4 Å². The summed E-state index contributed by atoms with van der Waals surface area (Å²) in [6.45, 7) is 4.84. The van der Waals surface area contributed by atoms with E-state index in [1.165, 1.54) is 6.92 Å². The molecule has 0 aliphatic rings. The highest BCUT2D eigenvalue weighted by atomic mass is 16.2. The molecular formula is C19H22N4O3. The van der Waals surface area contributed by atoms with Crippen molar-refractivity contribution in [2.75, 3.05) is 10.6 Å². The molecule has 0 spiro atoms. The molecule has 136 valence electrons. The van der Waals surface area contributed by atoms with Crippen molar-refractivity contribution >= 4 is 29.1 Å². The van der Waals surface area contributed by atoms with Crippen LogP contribution in [0.5, 0.6) is 0 Å². The van der Waals surface area contributed by atoms with Gasteiger partial charge in [0.15, 0.2) is 0 Å². The summed E-state index contributed by atoms with van der Waals surface area (Å²) in [7, 11) is 0. The molecule has 0 bridgehead atoms. The first-order valence-electron chi connectivity index (χ1n) is 8.15. The average molecular weight is 354 g/mol. The number of nitrogens with zero attached hydrogens (tertiary/aromatic N) is 1. The third kappa shape index (κ3) is 5.14. The predicted molar refractivity (Wildman–Crippen MR) is 99.2 cm³/mol. The molecule has 3 N–H and O–H groups in total. The highest BCUT2D eigenvalue weighted by Crippen LogP contribution is 2.20. The molecule has 1 heterocycles. The normalized spacial score (nSPS) is 10.7. The van der Waals surface area contributed by atoms with Crippen molar-refractivity contribution in [3.63, 3.8) is 0 Å². The van der Waals surface area contributed by atoms with Crippen LogP contribution in [0.4, 0.5) is 11.4 Å². The van der Waals surface area contributed by atoms with Gasteiger partial charge in [0.1, 0.15) is 5.41 Å². The van der Waals surface area contributed by atoms with E-state index in [-0.39, 0.29) is 11.8 Å². The van der Waals surface area contributed by atoms with Gasteiger partial charge in [-0.25, -0.2) is 0 Å². The molecular weight excluding hydrogens is 332 g/mol. The summed E-state index contributed by atoms with van der Waals surface area (Å²) in [6.07, 6.45) is 3.31. The summed E-state index contributed by atoms with van der Waals surface area (Å²) < 4.78 is 0. The molecule has 0 fully saturated rings. The molecule has 7 heteroatoms. The highest BCUT2D eigenvalue weighted by Gasteiger charge is 2.35. The topological polar surface area (TPSA) is 100 Å². The number of anilines is 2. The number of hydrogen-bond acceptors (Lipinski definition) is 4. The number of rotatable bonds is 6. The molecule has 0 atom stereocenters. The number of nitrogens with one attached hydrogen (secondary N) is 3. The van der Waals surface area contributed by atoms with Gasteiger partial charge in [-0.05, 0) is 49.7 Å². The van der Waals surface area contributed by atoms with Crippen LogP contribution < -0.4 is 16.0 Å². The molecule has 0 aliphatic heterocycles. The van der Waals surface area contributed by atoms with E-state index in [4.69, 9.17) is 0 Å². The van der Waals surface area contributed by atoms with E-state index >= 15 is 0 Å². The number of carbonyl (C=O) groups excluding carboxylic acids is 3. The molecule has 0 unspecified atom stereocenters. The van der Waals surface area contributed by atoms with Gasteiger partial charge in [-0.1, -0.05) is 6.07 Å². The molecule has 2 aromatic rings. The zero-order valence-corrected chi connectivity index (χ0v) is 15.0. The Balaban J connectivity index is 1.95. The van der Waals surface area contributed by atoms with Crippen molar-refractivity contribution in [1.29, 1.82) is 0 Å². The number of amides is 3. The van der Waals surface area contributed by atoms with Crippen LogP contribution in [-0.2, 0) is 20.9 Å². The van der Waals surface area contributed by atoms with Crippen molar-refractivity contribution in [2.45, 2.75) is 27.3 Å². The first-order valence-corrected chi connectivity index (χ1v) is 8.15. The van der Waals surface area contributed by atoms with Gasteiger partial charge in [0.05, 0.1) is 0 Å². The number of benzene rings is 1. The maximum atomic E-state index is 12.5. The maximum absolute atomic E-state index is 12.5. The summed E-state index contributed by atoms with van der Waals surface area (Å²) >= 11 is 0. The van der Waals surface area contributed by atoms with Gasteiger partial charge in [0.2, 0.25) is 17.7 Å². The van der Waals surface area contributed by atoms with Crippen LogP contribution in [0, 0.1) is 5.41 Å². The van der Waals surface area contributed by atoms with Crippen molar-refractivity contribution in [3.05, 3.63) is 54.4 Å². The molecule has 0 aliphatic carbocycles. The molecule has 0 radical (unpaired) electrons. The van der Waals surface area contributed by atoms with Gasteiger partial charge in [0.25, 0.3) is 0 Å². The third-order valence-corrected chi connectivity index (χ3v) is 3.77. The Labute approximate surface area is 152 Å². The summed E-state index contributed by atoms with van der Waals surface area (Å²) in [5.74, 6) is -0.976. The van der Waals surface area contributed by atoms with Crippen LogP contribution in [0.15, 0.2) is 48.8 Å². The summed E-state index contributed by atoms with van der Waals surface area (Å²) in [5.41, 5.74) is 0.769. The lowest BCUT2D eigenvalue weighted by Crippen LogP contribution is -2.44. The second-order valence-corrected chi connectivity index (χ2v) is 6.38. The fourth-order valence-electron chi connectivity index (χ4n) is 2.14. The maximum Gasteiger partial charge on any atom is 0.239 e. The lowest BCUT2D eigenvalue weighted by Gasteiger charge is -2.22. The minimum Gasteiger partial charge on any atom is -0.351 e. The number of hydrogen-bond donors (Lipinski definition) is 3. The molecule has 1 aromatic heterocycles. The SMILES string of the molecule is CC(=O)Nc1ccc(NC(=O)C(C)(C)C(=O)NCc2cccnc2)cc1. The van der Waals surface area contributed by atoms with E-state index in [0.717, 1.165) is 5.56 Å². The van der Waals surface area contributed by atoms with Gasteiger partial charge in [-0.15, -0.1) is 0 Å². The minimum absolute atomic E-state index is 0.173. The lowest BCUT2D eigenvalue weighted by molar-refractivity contribution is -0.138. The monoisotopic (exact) mass is 354 g/mol. The van der Waals surface area contributed by atoms with E-state index in [1.54, 1.807) is 56.6 Å². The quantitative estimate of drug-likeness (QED) is 0.693. The van der Waals surface area contributed by atoms with Crippen LogP contribution in [0.25, 0.3) is 0 Å². The van der Waals surface area contributed by atoms with Crippen LogP contribution in [-0.4, -0.2) is 22.7 Å². The zero-order chi connectivity index (χ0) is 19.2. The second kappa shape index (κ2) is 8.24. The molecule has 0 saturated heterocycles. The first kappa shape index (κ1) is 19.1. The van der Waals surface area contributed by atoms with E-state index in [1.807, 2.05) is 6.07 Å². The Kier molecular flexibility index (Phi) is 6.06. The van der Waals surface area contributed by atoms with Crippen molar-refractivity contribution in [3.8, 4) is 0 Å². The van der Waals surface area contributed by atoms with Crippen molar-refractivity contribution in [1.82, 2.24) is 10.3 Å². The molecule has 7 nitrogen and oxygen atoms in total. The summed E-state index contributed by atoms with van der Waals surface area (Å²) in [4.78, 5) is 39.9. The van der Waals surface area contributed by atoms with E-state index in [0.29, 0.717) is 17.9 Å². The minimum atomic E-state index is -1.25. The fraction of sp³-hybridized carbons (Fsp3) is 0.263. The molecule has 2 rings (SSSR count). The van der Waals surface area contributed by atoms with E-state index < -0.39 is 11.3 Å². The Hall–Kier alpha value is -3.22. The number of carbonyl (C=O) groups is 3. The van der Waals surface area contributed by atoms with E-state index in [2.05, 4.69) is 20.9 Å².